The molecule has 2 aromatic rings. The van der Waals surface area contributed by atoms with Crippen LogP contribution < -0.4 is 0 Å². The Morgan fingerprint density at radius 2 is 2.11 bits per heavy atom. The number of hydrogen-bond donors (Lipinski definition) is 0. The first-order valence-electron chi connectivity index (χ1n) is 5.30. The van der Waals surface area contributed by atoms with Gasteiger partial charge < -0.3 is 4.57 Å². The molecule has 0 fully saturated rings. The minimum Gasteiger partial charge on any atom is -0.314 e. The van der Waals surface area contributed by atoms with Gasteiger partial charge in [-0.15, -0.1) is 0 Å². The summed E-state index contributed by atoms with van der Waals surface area (Å²) in [5, 5.41) is 18.6. The molecule has 18 heavy (non-hydrogen) atoms. The lowest BCUT2D eigenvalue weighted by Crippen LogP contribution is -2.08. The number of hydrogen-bond acceptors (Lipinski definition) is 3. The lowest BCUT2D eigenvalue weighted by atomic mass is 10.1. The lowest BCUT2D eigenvalue weighted by molar-refractivity contribution is 0.631. The van der Waals surface area contributed by atoms with Crippen molar-refractivity contribution >= 4 is 11.6 Å². The van der Waals surface area contributed by atoms with E-state index in [4.69, 9.17) is 22.1 Å². The Hall–Kier alpha value is -2.30. The molecular weight excluding hydrogens is 248 g/mol. The number of imidazole rings is 1. The van der Waals surface area contributed by atoms with Crippen molar-refractivity contribution in [3.05, 3.63) is 52.6 Å². The Morgan fingerprint density at radius 1 is 1.33 bits per heavy atom. The standard InChI is InChI=1S/C13H9ClN4/c1-9(10-3-2-4-11(14)5-10)18-8-17-12(6-15)13(18)7-16/h2-5,8-9H,1H3. The van der Waals surface area contributed by atoms with E-state index in [1.165, 1.54) is 6.33 Å². The van der Waals surface area contributed by atoms with Gasteiger partial charge in [-0.1, -0.05) is 23.7 Å². The Kier molecular flexibility index (Phi) is 3.32. The summed E-state index contributed by atoms with van der Waals surface area (Å²) >= 11 is 5.94. The number of rotatable bonds is 2. The van der Waals surface area contributed by atoms with Gasteiger partial charge in [-0.25, -0.2) is 4.98 Å². The molecule has 5 heteroatoms. The van der Waals surface area contributed by atoms with E-state index in [0.717, 1.165) is 5.56 Å². The molecule has 1 aromatic heterocycles. The van der Waals surface area contributed by atoms with Crippen molar-refractivity contribution in [3.63, 3.8) is 0 Å². The zero-order chi connectivity index (χ0) is 13.1. The van der Waals surface area contributed by atoms with E-state index in [2.05, 4.69) is 4.98 Å². The van der Waals surface area contributed by atoms with Gasteiger partial charge in [0.15, 0.2) is 11.4 Å². The predicted molar refractivity (Wildman–Crippen MR) is 66.9 cm³/mol. The van der Waals surface area contributed by atoms with Crippen molar-refractivity contribution in [2.45, 2.75) is 13.0 Å². The van der Waals surface area contributed by atoms with Crippen molar-refractivity contribution in [3.8, 4) is 12.1 Å². The molecule has 0 aliphatic carbocycles. The molecule has 88 valence electrons. The molecule has 0 bridgehead atoms. The topological polar surface area (TPSA) is 65.4 Å². The number of benzene rings is 1. The highest BCUT2D eigenvalue weighted by Crippen LogP contribution is 2.23. The third-order valence-corrected chi connectivity index (χ3v) is 2.99. The quantitative estimate of drug-likeness (QED) is 0.830. The van der Waals surface area contributed by atoms with Gasteiger partial charge in [-0.3, -0.25) is 0 Å². The van der Waals surface area contributed by atoms with E-state index in [1.807, 2.05) is 37.3 Å². The van der Waals surface area contributed by atoms with Crippen molar-refractivity contribution < 1.29 is 0 Å². The van der Waals surface area contributed by atoms with Crippen LogP contribution in [0.3, 0.4) is 0 Å². The average Bonchev–Trinajstić information content (AvgIpc) is 2.80. The molecule has 0 aliphatic rings. The van der Waals surface area contributed by atoms with E-state index in [-0.39, 0.29) is 17.4 Å². The zero-order valence-corrected chi connectivity index (χ0v) is 10.4. The molecule has 4 nitrogen and oxygen atoms in total. The van der Waals surface area contributed by atoms with Crippen LogP contribution in [0.15, 0.2) is 30.6 Å². The minimum atomic E-state index is -0.104. The number of nitrogens with zero attached hydrogens (tertiary/aromatic N) is 4. The normalized spacial score (nSPS) is 11.6. The Morgan fingerprint density at radius 3 is 2.72 bits per heavy atom. The highest BCUT2D eigenvalue weighted by Gasteiger charge is 2.16. The van der Waals surface area contributed by atoms with Crippen molar-refractivity contribution in [2.24, 2.45) is 0 Å². The second-order valence-corrected chi connectivity index (χ2v) is 4.24. The number of aromatic nitrogens is 2. The monoisotopic (exact) mass is 256 g/mol. The number of halogens is 1. The van der Waals surface area contributed by atoms with Crippen LogP contribution >= 0.6 is 11.6 Å². The molecule has 0 amide bonds. The molecule has 1 aromatic carbocycles. The lowest BCUT2D eigenvalue weighted by Gasteiger charge is -2.14. The summed E-state index contributed by atoms with van der Waals surface area (Å²) in [4.78, 5) is 3.92. The fraction of sp³-hybridized carbons (Fsp3) is 0.154. The summed E-state index contributed by atoms with van der Waals surface area (Å²) in [6.45, 7) is 1.93. The molecule has 1 atom stereocenters. The van der Waals surface area contributed by atoms with Crippen molar-refractivity contribution in [1.29, 1.82) is 10.5 Å². The van der Waals surface area contributed by atoms with Crippen molar-refractivity contribution in [1.82, 2.24) is 9.55 Å². The van der Waals surface area contributed by atoms with Crippen LogP contribution in [0.2, 0.25) is 5.02 Å². The molecular formula is C13H9ClN4. The van der Waals surface area contributed by atoms with Crippen LogP contribution in [0.5, 0.6) is 0 Å². The second-order valence-electron chi connectivity index (χ2n) is 3.80. The third kappa shape index (κ3) is 2.07. The third-order valence-electron chi connectivity index (χ3n) is 2.75. The van der Waals surface area contributed by atoms with Gasteiger partial charge in [0, 0.05) is 5.02 Å². The van der Waals surface area contributed by atoms with Gasteiger partial charge >= 0.3 is 0 Å². The largest absolute Gasteiger partial charge is 0.314 e. The van der Waals surface area contributed by atoms with E-state index in [9.17, 15) is 0 Å². The number of nitriles is 2. The first-order chi connectivity index (χ1) is 8.67. The van der Waals surface area contributed by atoms with Crippen LogP contribution in [0.4, 0.5) is 0 Å². The molecule has 0 spiro atoms. The highest BCUT2D eigenvalue weighted by atomic mass is 35.5. The predicted octanol–water partition coefficient (Wildman–Crippen LogP) is 2.89. The molecule has 0 saturated heterocycles. The van der Waals surface area contributed by atoms with E-state index in [1.54, 1.807) is 10.6 Å². The molecule has 1 heterocycles. The summed E-state index contributed by atoms with van der Waals surface area (Å²) < 4.78 is 1.67. The van der Waals surface area contributed by atoms with Gasteiger partial charge in [-0.2, -0.15) is 10.5 Å². The highest BCUT2D eigenvalue weighted by molar-refractivity contribution is 6.30. The second kappa shape index (κ2) is 4.91. The van der Waals surface area contributed by atoms with E-state index in [0.29, 0.717) is 5.02 Å². The van der Waals surface area contributed by atoms with Crippen molar-refractivity contribution in [2.75, 3.05) is 0 Å². The molecule has 0 N–H and O–H groups in total. The van der Waals surface area contributed by atoms with Gasteiger partial charge in [-0.05, 0) is 24.6 Å². The maximum atomic E-state index is 9.08. The van der Waals surface area contributed by atoms with Crippen LogP contribution in [-0.4, -0.2) is 9.55 Å². The zero-order valence-electron chi connectivity index (χ0n) is 9.63. The Balaban J connectivity index is 2.47. The van der Waals surface area contributed by atoms with Crippen LogP contribution in [0.25, 0.3) is 0 Å². The van der Waals surface area contributed by atoms with E-state index < -0.39 is 0 Å². The summed E-state index contributed by atoms with van der Waals surface area (Å²) in [5.74, 6) is 0. The fourth-order valence-corrected chi connectivity index (χ4v) is 1.97. The minimum absolute atomic E-state index is 0.104. The van der Waals surface area contributed by atoms with Crippen LogP contribution in [0, 0.1) is 22.7 Å². The fourth-order valence-electron chi connectivity index (χ4n) is 1.77. The van der Waals surface area contributed by atoms with Gasteiger partial charge in [0.05, 0.1) is 12.4 Å². The molecule has 0 radical (unpaired) electrons. The Bertz CT molecular complexity index is 660. The summed E-state index contributed by atoms with van der Waals surface area (Å²) in [5.41, 5.74) is 1.37. The van der Waals surface area contributed by atoms with E-state index >= 15 is 0 Å². The summed E-state index contributed by atoms with van der Waals surface area (Å²) in [6, 6.07) is 11.2. The first kappa shape index (κ1) is 12.2. The Labute approximate surface area is 110 Å². The first-order valence-corrected chi connectivity index (χ1v) is 5.67. The summed E-state index contributed by atoms with van der Waals surface area (Å²) in [6.07, 6.45) is 1.50. The average molecular weight is 257 g/mol. The van der Waals surface area contributed by atoms with Crippen LogP contribution in [0.1, 0.15) is 29.9 Å². The van der Waals surface area contributed by atoms with Gasteiger partial charge in [0.1, 0.15) is 12.1 Å². The molecule has 0 aliphatic heterocycles. The molecule has 0 saturated carbocycles. The summed E-state index contributed by atoms with van der Waals surface area (Å²) in [7, 11) is 0. The van der Waals surface area contributed by atoms with Crippen LogP contribution in [-0.2, 0) is 0 Å². The molecule has 1 unspecified atom stereocenters. The maximum Gasteiger partial charge on any atom is 0.176 e. The SMILES string of the molecule is CC(c1cccc(Cl)c1)n1cnc(C#N)c1C#N. The smallest absolute Gasteiger partial charge is 0.176 e. The van der Waals surface area contributed by atoms with Gasteiger partial charge in [0.2, 0.25) is 0 Å². The van der Waals surface area contributed by atoms with Gasteiger partial charge in [0.25, 0.3) is 0 Å². The maximum absolute atomic E-state index is 9.08. The molecule has 2 rings (SSSR count).